The summed E-state index contributed by atoms with van der Waals surface area (Å²) < 4.78 is 10.3. The number of fused-ring (bicyclic) bond motifs is 12. The molecular formula is C60H53B2N3O. The average molecular weight is 854 g/mol. The molecule has 4 aliphatic rings. The Kier molecular flexibility index (Phi) is 7.98. The van der Waals surface area contributed by atoms with Crippen molar-refractivity contribution < 1.29 is 4.74 Å². The summed E-state index contributed by atoms with van der Waals surface area (Å²) in [5.41, 5.74) is 22.3. The normalized spacial score (nSPS) is 14.4. The van der Waals surface area contributed by atoms with Crippen LogP contribution in [0.15, 0.2) is 158 Å². The molecule has 13 rings (SSSR count). The smallest absolute Gasteiger partial charge is 0.256 e. The van der Waals surface area contributed by atoms with Crippen LogP contribution in [0.3, 0.4) is 0 Å². The fourth-order valence-electron chi connectivity index (χ4n) is 11.7. The number of hydrogen-bond acceptors (Lipinski definition) is 3. The van der Waals surface area contributed by atoms with Crippen LogP contribution in [0.25, 0.3) is 27.5 Å². The van der Waals surface area contributed by atoms with Gasteiger partial charge in [-0.05, 0) is 139 Å². The summed E-state index contributed by atoms with van der Waals surface area (Å²) in [5, 5.41) is 2.44. The van der Waals surface area contributed by atoms with Crippen LogP contribution in [0.5, 0.6) is 11.5 Å². The predicted molar refractivity (Wildman–Crippen MR) is 282 cm³/mol. The van der Waals surface area contributed by atoms with Crippen LogP contribution in [0.2, 0.25) is 0 Å². The summed E-state index contributed by atoms with van der Waals surface area (Å²) in [6, 6.07) is 59.7. The van der Waals surface area contributed by atoms with Gasteiger partial charge in [-0.15, -0.1) is 0 Å². The Hall–Kier alpha value is -6.91. The van der Waals surface area contributed by atoms with Gasteiger partial charge in [-0.2, -0.15) is 0 Å². The van der Waals surface area contributed by atoms with Crippen LogP contribution in [-0.2, 0) is 16.2 Å². The lowest BCUT2D eigenvalue weighted by Gasteiger charge is -2.43. The number of rotatable bonds is 2. The highest BCUT2D eigenvalue weighted by molar-refractivity contribution is 7.03. The van der Waals surface area contributed by atoms with Crippen LogP contribution in [0.1, 0.15) is 79.0 Å². The van der Waals surface area contributed by atoms with E-state index < -0.39 is 0 Å². The third-order valence-corrected chi connectivity index (χ3v) is 15.0. The molecular weight excluding hydrogens is 800 g/mol. The van der Waals surface area contributed by atoms with Crippen LogP contribution >= 0.6 is 0 Å². The number of anilines is 6. The van der Waals surface area contributed by atoms with Crippen molar-refractivity contribution in [3.05, 3.63) is 174 Å². The van der Waals surface area contributed by atoms with E-state index in [1.54, 1.807) is 0 Å². The van der Waals surface area contributed by atoms with Crippen LogP contribution in [0, 0.1) is 0 Å². The van der Waals surface area contributed by atoms with E-state index in [0.717, 1.165) is 17.2 Å². The molecule has 4 nitrogen and oxygen atoms in total. The molecule has 1 aromatic heterocycles. The number of ether oxygens (including phenoxy) is 1. The van der Waals surface area contributed by atoms with Crippen LogP contribution in [-0.4, -0.2) is 18.0 Å². The van der Waals surface area contributed by atoms with Gasteiger partial charge >= 0.3 is 0 Å². The minimum absolute atomic E-state index is 0.0179. The molecule has 0 spiro atoms. The molecule has 0 radical (unpaired) electrons. The second-order valence-corrected chi connectivity index (χ2v) is 22.2. The van der Waals surface area contributed by atoms with Gasteiger partial charge in [-0.25, -0.2) is 0 Å². The molecule has 0 saturated carbocycles. The number of para-hydroxylation sites is 4. The lowest BCUT2D eigenvalue weighted by atomic mass is 9.30. The van der Waals surface area contributed by atoms with Crippen molar-refractivity contribution in [1.82, 2.24) is 4.57 Å². The van der Waals surface area contributed by atoms with Crippen molar-refractivity contribution in [2.24, 2.45) is 0 Å². The predicted octanol–water partition coefficient (Wildman–Crippen LogP) is 11.7. The minimum Gasteiger partial charge on any atom is -0.458 e. The molecule has 66 heavy (non-hydrogen) atoms. The van der Waals surface area contributed by atoms with E-state index in [2.05, 4.69) is 234 Å². The van der Waals surface area contributed by atoms with E-state index in [0.29, 0.717) is 0 Å². The van der Waals surface area contributed by atoms with Crippen molar-refractivity contribution in [2.45, 2.75) is 78.6 Å². The topological polar surface area (TPSA) is 20.6 Å². The summed E-state index contributed by atoms with van der Waals surface area (Å²) in [6.45, 7) is 20.9. The van der Waals surface area contributed by atoms with Crippen molar-refractivity contribution >= 4 is 102 Å². The van der Waals surface area contributed by atoms with Crippen molar-refractivity contribution in [3.63, 3.8) is 0 Å². The van der Waals surface area contributed by atoms with Gasteiger partial charge in [0, 0.05) is 50.6 Å². The maximum Gasteiger partial charge on any atom is 0.256 e. The van der Waals surface area contributed by atoms with Crippen LogP contribution < -0.4 is 47.3 Å². The Labute approximate surface area is 389 Å². The Morgan fingerprint density at radius 2 is 0.909 bits per heavy atom. The molecule has 5 heterocycles. The van der Waals surface area contributed by atoms with Gasteiger partial charge in [0.25, 0.3) is 13.4 Å². The second kappa shape index (κ2) is 13.3. The molecule has 0 fully saturated rings. The molecule has 0 bridgehead atoms. The third-order valence-electron chi connectivity index (χ3n) is 15.0. The molecule has 0 saturated heterocycles. The zero-order valence-electron chi connectivity index (χ0n) is 39.4. The summed E-state index contributed by atoms with van der Waals surface area (Å²) in [7, 11) is 0. The van der Waals surface area contributed by atoms with Gasteiger partial charge in [0.2, 0.25) is 0 Å². The number of hydrogen-bond donors (Lipinski definition) is 0. The molecule has 0 atom stereocenters. The molecule has 0 unspecified atom stereocenters. The lowest BCUT2D eigenvalue weighted by molar-refractivity contribution is 0.489. The minimum atomic E-state index is -0.115. The largest absolute Gasteiger partial charge is 0.458 e. The van der Waals surface area contributed by atoms with Gasteiger partial charge in [-0.3, -0.25) is 0 Å². The number of benzene rings is 8. The quantitative estimate of drug-likeness (QED) is 0.162. The van der Waals surface area contributed by atoms with E-state index >= 15 is 0 Å². The fourth-order valence-corrected chi connectivity index (χ4v) is 11.7. The van der Waals surface area contributed by atoms with Gasteiger partial charge < -0.3 is 19.1 Å². The highest BCUT2D eigenvalue weighted by atomic mass is 16.5. The fraction of sp³-hybridized carbons (Fsp3) is 0.200. The van der Waals surface area contributed by atoms with E-state index in [4.69, 9.17) is 4.74 Å². The number of nitrogens with zero attached hydrogens (tertiary/aromatic N) is 3. The first-order chi connectivity index (χ1) is 31.7. The lowest BCUT2D eigenvalue weighted by Crippen LogP contribution is -2.63. The summed E-state index contributed by atoms with van der Waals surface area (Å²) >= 11 is 0. The number of aromatic nitrogens is 1. The molecule has 4 aliphatic heterocycles. The Balaban J connectivity index is 1.20. The first-order valence-corrected chi connectivity index (χ1v) is 23.8. The molecule has 320 valence electrons. The maximum atomic E-state index is 7.71. The van der Waals surface area contributed by atoms with E-state index in [9.17, 15) is 0 Å². The zero-order chi connectivity index (χ0) is 45.2. The average Bonchev–Trinajstić information content (AvgIpc) is 3.65. The van der Waals surface area contributed by atoms with Gasteiger partial charge in [-0.1, -0.05) is 147 Å². The molecule has 0 aliphatic carbocycles. The van der Waals surface area contributed by atoms with Gasteiger partial charge in [0.1, 0.15) is 11.5 Å². The summed E-state index contributed by atoms with van der Waals surface area (Å²) in [5.74, 6) is 1.93. The molecule has 0 amide bonds. The SMILES string of the molecule is CC(C)(C)c1cc2c3c(c1)N(c1ccccc1)c1ccccc1B3c1cc3c4c(c1O2)c1cc(C(C)(C)C)ccc1n4-c1cc(C(C)(C)C)cc2c1B3c1ccccc1N2c1ccccc1. The molecule has 8 aromatic carbocycles. The third kappa shape index (κ3) is 5.42. The van der Waals surface area contributed by atoms with E-state index in [1.165, 1.54) is 105 Å². The second-order valence-electron chi connectivity index (χ2n) is 22.2. The Morgan fingerprint density at radius 3 is 1.48 bits per heavy atom. The first kappa shape index (κ1) is 39.5. The van der Waals surface area contributed by atoms with E-state index in [1.807, 2.05) is 0 Å². The van der Waals surface area contributed by atoms with Crippen LogP contribution in [0.4, 0.5) is 34.1 Å². The zero-order valence-corrected chi connectivity index (χ0v) is 39.4. The molecule has 0 N–H and O–H groups in total. The standard InChI is InChI=1S/C60H53B2N3O/c1-58(2,3)36-28-29-46-41(30-36)53-56-44(61-42-24-16-18-26-47(42)63(39-20-12-10-13-21-39)49-31-37(59(4,5)6)32-50(54(49)61)65(46)56)35-45-57(53)66-52-34-38(60(7,8)9)33-51-55(52)62(45)43-25-17-19-27-48(43)64(51)40-22-14-11-15-23-40/h10-35H,1-9H3. The van der Waals surface area contributed by atoms with Crippen molar-refractivity contribution in [1.29, 1.82) is 0 Å². The van der Waals surface area contributed by atoms with Gasteiger partial charge in [0.05, 0.1) is 11.0 Å². The Bertz CT molecular complexity index is 3530. The summed E-state index contributed by atoms with van der Waals surface area (Å²) in [6.07, 6.45) is 0. The first-order valence-electron chi connectivity index (χ1n) is 23.8. The monoisotopic (exact) mass is 853 g/mol. The van der Waals surface area contributed by atoms with Gasteiger partial charge in [0.15, 0.2) is 0 Å². The Morgan fingerprint density at radius 1 is 0.409 bits per heavy atom. The highest BCUT2D eigenvalue weighted by Crippen LogP contribution is 2.49. The van der Waals surface area contributed by atoms with E-state index in [-0.39, 0.29) is 29.7 Å². The molecule has 9 aromatic rings. The molecule has 6 heteroatoms. The highest BCUT2D eigenvalue weighted by Gasteiger charge is 2.48. The summed E-state index contributed by atoms with van der Waals surface area (Å²) in [4.78, 5) is 5.00. The van der Waals surface area contributed by atoms with Crippen molar-refractivity contribution in [3.8, 4) is 17.2 Å². The van der Waals surface area contributed by atoms with Crippen molar-refractivity contribution in [2.75, 3.05) is 9.80 Å². The maximum absolute atomic E-state index is 7.71.